The van der Waals surface area contributed by atoms with Gasteiger partial charge < -0.3 is 15.1 Å². The van der Waals surface area contributed by atoms with Crippen molar-refractivity contribution in [3.05, 3.63) is 29.8 Å². The van der Waals surface area contributed by atoms with Gasteiger partial charge in [-0.15, -0.1) is 0 Å². The van der Waals surface area contributed by atoms with Gasteiger partial charge in [-0.2, -0.15) is 0 Å². The van der Waals surface area contributed by atoms with Crippen molar-refractivity contribution in [1.82, 2.24) is 4.90 Å². The van der Waals surface area contributed by atoms with Gasteiger partial charge in [-0.3, -0.25) is 9.59 Å². The number of quaternary nitrogens is 1. The molecule has 1 aliphatic heterocycles. The topological polar surface area (TPSA) is 53.9 Å². The first-order valence-corrected chi connectivity index (χ1v) is 7.91. The van der Waals surface area contributed by atoms with Crippen LogP contribution in [0.4, 0.5) is 5.69 Å². The molecule has 5 nitrogen and oxygen atoms in total. The summed E-state index contributed by atoms with van der Waals surface area (Å²) in [6, 6.07) is 7.05. The number of likely N-dealkylation sites (tertiary alicyclic amines) is 1. The van der Waals surface area contributed by atoms with Crippen LogP contribution in [0.15, 0.2) is 24.3 Å². The predicted octanol–water partition coefficient (Wildman–Crippen LogP) is 0.642. The fourth-order valence-corrected chi connectivity index (χ4v) is 2.94. The SMILES string of the molecule is C[C@H]1CCC[NH+](CC(=O)Nc2ccc(C(=O)N(C)C)cc2)C1. The number of amides is 2. The zero-order valence-corrected chi connectivity index (χ0v) is 13.7. The largest absolute Gasteiger partial charge is 0.345 e. The number of benzene rings is 1. The molecule has 120 valence electrons. The van der Waals surface area contributed by atoms with Gasteiger partial charge in [0.1, 0.15) is 0 Å². The normalized spacial score (nSPS) is 21.2. The third-order valence-corrected chi connectivity index (χ3v) is 4.10. The lowest BCUT2D eigenvalue weighted by atomic mass is 10.0. The monoisotopic (exact) mass is 304 g/mol. The van der Waals surface area contributed by atoms with E-state index in [9.17, 15) is 9.59 Å². The molecule has 2 rings (SSSR count). The minimum Gasteiger partial charge on any atom is -0.345 e. The Kier molecular flexibility index (Phi) is 5.55. The molecular weight excluding hydrogens is 278 g/mol. The van der Waals surface area contributed by atoms with Gasteiger partial charge in [-0.25, -0.2) is 0 Å². The van der Waals surface area contributed by atoms with Crippen LogP contribution in [0.2, 0.25) is 0 Å². The van der Waals surface area contributed by atoms with Gasteiger partial charge >= 0.3 is 0 Å². The maximum atomic E-state index is 12.1. The zero-order chi connectivity index (χ0) is 16.1. The van der Waals surface area contributed by atoms with Crippen LogP contribution in [-0.2, 0) is 4.79 Å². The molecule has 2 N–H and O–H groups in total. The number of carbonyl (C=O) groups excluding carboxylic acids is 2. The van der Waals surface area contributed by atoms with E-state index in [0.29, 0.717) is 18.0 Å². The Morgan fingerprint density at radius 3 is 2.55 bits per heavy atom. The summed E-state index contributed by atoms with van der Waals surface area (Å²) in [7, 11) is 3.45. The summed E-state index contributed by atoms with van der Waals surface area (Å²) in [5.41, 5.74) is 1.36. The van der Waals surface area contributed by atoms with Gasteiger partial charge in [-0.05, 0) is 37.1 Å². The number of rotatable bonds is 4. The van der Waals surface area contributed by atoms with Crippen LogP contribution in [0.3, 0.4) is 0 Å². The van der Waals surface area contributed by atoms with Crippen molar-refractivity contribution in [3.8, 4) is 0 Å². The van der Waals surface area contributed by atoms with E-state index in [-0.39, 0.29) is 11.8 Å². The first kappa shape index (κ1) is 16.5. The number of anilines is 1. The second kappa shape index (κ2) is 7.40. The maximum Gasteiger partial charge on any atom is 0.279 e. The lowest BCUT2D eigenvalue weighted by Gasteiger charge is -2.27. The zero-order valence-electron chi connectivity index (χ0n) is 13.7. The molecule has 1 saturated heterocycles. The van der Waals surface area contributed by atoms with Gasteiger partial charge in [0.05, 0.1) is 13.1 Å². The second-order valence-corrected chi connectivity index (χ2v) is 6.45. The van der Waals surface area contributed by atoms with Crippen LogP contribution < -0.4 is 10.2 Å². The summed E-state index contributed by atoms with van der Waals surface area (Å²) in [5, 5.41) is 2.91. The number of nitrogens with zero attached hydrogens (tertiary/aromatic N) is 1. The summed E-state index contributed by atoms with van der Waals surface area (Å²) in [4.78, 5) is 26.8. The third-order valence-electron chi connectivity index (χ3n) is 4.10. The molecule has 2 atom stereocenters. The minimum atomic E-state index is -0.0374. The van der Waals surface area contributed by atoms with Crippen molar-refractivity contribution >= 4 is 17.5 Å². The first-order chi connectivity index (χ1) is 10.5. The fraction of sp³-hybridized carbons (Fsp3) is 0.529. The standard InChI is InChI=1S/C17H25N3O2/c1-13-5-4-10-20(11-13)12-16(21)18-15-8-6-14(7-9-15)17(22)19(2)3/h6-9,13H,4-5,10-12H2,1-3H3,(H,18,21)/p+1/t13-/m0/s1. The summed E-state index contributed by atoms with van der Waals surface area (Å²) in [5.74, 6) is 0.702. The van der Waals surface area contributed by atoms with E-state index >= 15 is 0 Å². The quantitative estimate of drug-likeness (QED) is 0.858. The highest BCUT2D eigenvalue weighted by Gasteiger charge is 2.21. The van der Waals surface area contributed by atoms with Crippen molar-refractivity contribution in [1.29, 1.82) is 0 Å². The molecule has 0 saturated carbocycles. The van der Waals surface area contributed by atoms with Crippen molar-refractivity contribution < 1.29 is 14.5 Å². The van der Waals surface area contributed by atoms with Crippen LogP contribution in [0.25, 0.3) is 0 Å². The maximum absolute atomic E-state index is 12.1. The molecule has 0 bridgehead atoms. The summed E-state index contributed by atoms with van der Waals surface area (Å²) in [6.07, 6.45) is 2.47. The molecule has 1 aromatic rings. The molecular formula is C17H26N3O2+. The molecule has 5 heteroatoms. The van der Waals surface area contributed by atoms with Crippen LogP contribution in [0.1, 0.15) is 30.1 Å². The molecule has 1 heterocycles. The van der Waals surface area contributed by atoms with Crippen molar-refractivity contribution in [2.24, 2.45) is 5.92 Å². The summed E-state index contributed by atoms with van der Waals surface area (Å²) < 4.78 is 0. The number of piperidine rings is 1. The molecule has 0 spiro atoms. The smallest absolute Gasteiger partial charge is 0.279 e. The van der Waals surface area contributed by atoms with E-state index < -0.39 is 0 Å². The first-order valence-electron chi connectivity index (χ1n) is 7.91. The third kappa shape index (κ3) is 4.56. The molecule has 0 aliphatic carbocycles. The average Bonchev–Trinajstić information content (AvgIpc) is 2.47. The Hall–Kier alpha value is -1.88. The average molecular weight is 304 g/mol. The van der Waals surface area contributed by atoms with Gasteiger partial charge in [0.2, 0.25) is 0 Å². The Morgan fingerprint density at radius 2 is 1.95 bits per heavy atom. The minimum absolute atomic E-state index is 0.0374. The Labute approximate surface area is 132 Å². The highest BCUT2D eigenvalue weighted by atomic mass is 16.2. The molecule has 1 aliphatic rings. The Morgan fingerprint density at radius 1 is 1.27 bits per heavy atom. The van der Waals surface area contributed by atoms with E-state index in [4.69, 9.17) is 0 Å². The van der Waals surface area contributed by atoms with Gasteiger partial charge in [0.15, 0.2) is 6.54 Å². The summed E-state index contributed by atoms with van der Waals surface area (Å²) in [6.45, 7) is 4.91. The molecule has 1 unspecified atom stereocenters. The number of carbonyl (C=O) groups is 2. The van der Waals surface area contributed by atoms with Crippen molar-refractivity contribution in [3.63, 3.8) is 0 Å². The van der Waals surface area contributed by atoms with E-state index in [0.717, 1.165) is 18.8 Å². The highest BCUT2D eigenvalue weighted by Crippen LogP contribution is 2.10. The van der Waals surface area contributed by atoms with Gasteiger partial charge in [0.25, 0.3) is 11.8 Å². The number of hydrogen-bond acceptors (Lipinski definition) is 2. The van der Waals surface area contributed by atoms with Crippen LogP contribution in [0, 0.1) is 5.92 Å². The number of nitrogens with one attached hydrogen (secondary N) is 2. The molecule has 1 aromatic carbocycles. The van der Waals surface area contributed by atoms with Crippen molar-refractivity contribution in [2.75, 3.05) is 39.0 Å². The van der Waals surface area contributed by atoms with Crippen molar-refractivity contribution in [2.45, 2.75) is 19.8 Å². The van der Waals surface area contributed by atoms with E-state index in [1.165, 1.54) is 22.6 Å². The van der Waals surface area contributed by atoms with Gasteiger partial charge in [0, 0.05) is 31.3 Å². The van der Waals surface area contributed by atoms with Gasteiger partial charge in [-0.1, -0.05) is 6.92 Å². The lowest BCUT2D eigenvalue weighted by Crippen LogP contribution is -3.14. The van der Waals surface area contributed by atoms with E-state index in [2.05, 4.69) is 12.2 Å². The molecule has 22 heavy (non-hydrogen) atoms. The van der Waals surface area contributed by atoms with E-state index in [1.54, 1.807) is 38.4 Å². The molecule has 0 radical (unpaired) electrons. The van der Waals surface area contributed by atoms with Crippen LogP contribution in [-0.4, -0.2) is 50.4 Å². The Balaban J connectivity index is 1.87. The predicted molar refractivity (Wildman–Crippen MR) is 87.1 cm³/mol. The van der Waals surface area contributed by atoms with Crippen LogP contribution in [0.5, 0.6) is 0 Å². The Bertz CT molecular complexity index is 525. The fourth-order valence-electron chi connectivity index (χ4n) is 2.94. The van der Waals surface area contributed by atoms with Crippen LogP contribution >= 0.6 is 0 Å². The molecule has 1 fully saturated rings. The second-order valence-electron chi connectivity index (χ2n) is 6.45. The van der Waals surface area contributed by atoms with E-state index in [1.807, 2.05) is 0 Å². The molecule has 0 aromatic heterocycles. The molecule has 2 amide bonds. The summed E-state index contributed by atoms with van der Waals surface area (Å²) >= 11 is 0. The highest BCUT2D eigenvalue weighted by molar-refractivity contribution is 5.95. The number of hydrogen-bond donors (Lipinski definition) is 2. The lowest BCUT2D eigenvalue weighted by molar-refractivity contribution is -0.900.